The van der Waals surface area contributed by atoms with Crippen LogP contribution in [-0.4, -0.2) is 22.8 Å². The molecule has 136 valence electrons. The number of hydrogen-bond acceptors (Lipinski definition) is 6. The number of benzene rings is 1. The molecule has 4 N–H and O–H groups in total. The van der Waals surface area contributed by atoms with Gasteiger partial charge in [-0.3, -0.25) is 19.7 Å². The van der Waals surface area contributed by atoms with Gasteiger partial charge in [-0.2, -0.15) is 0 Å². The van der Waals surface area contributed by atoms with E-state index in [1.807, 2.05) is 0 Å². The number of fused-ring (bicyclic) bond motifs is 1. The van der Waals surface area contributed by atoms with Gasteiger partial charge in [0, 0.05) is 22.7 Å². The summed E-state index contributed by atoms with van der Waals surface area (Å²) in [5.41, 5.74) is 7.23. The normalized spacial score (nSPS) is 13.7. The fraction of sp³-hybridized carbons (Fsp3) is 0.294. The molecule has 3 rings (SSSR count). The molecule has 26 heavy (non-hydrogen) atoms. The van der Waals surface area contributed by atoms with Gasteiger partial charge < -0.3 is 16.4 Å². The molecule has 0 bridgehead atoms. The molecule has 1 aromatic heterocycles. The maximum absolute atomic E-state index is 12.5. The Kier molecular flexibility index (Phi) is 4.90. The Labute approximate surface area is 153 Å². The predicted octanol–water partition coefficient (Wildman–Crippen LogP) is 2.68. The van der Waals surface area contributed by atoms with E-state index < -0.39 is 16.9 Å². The monoisotopic (exact) mass is 374 g/mol. The molecule has 9 heteroatoms. The molecule has 1 aliphatic rings. The number of carbonyl (C=O) groups excluding carboxylic acids is 2. The highest BCUT2D eigenvalue weighted by atomic mass is 32.1. The van der Waals surface area contributed by atoms with Crippen molar-refractivity contribution < 1.29 is 14.5 Å². The number of nitrogens with zero attached hydrogens (tertiary/aromatic N) is 1. The Balaban J connectivity index is 1.73. The number of rotatable bonds is 6. The smallest absolute Gasteiger partial charge is 0.271 e. The largest absolute Gasteiger partial charge is 0.374 e. The molecule has 2 aromatic rings. The van der Waals surface area contributed by atoms with Crippen molar-refractivity contribution in [2.24, 2.45) is 5.73 Å². The van der Waals surface area contributed by atoms with Gasteiger partial charge in [0.2, 0.25) is 5.91 Å². The number of aryl methyl sites for hydroxylation is 1. The van der Waals surface area contributed by atoms with Gasteiger partial charge in [0.25, 0.3) is 11.6 Å². The van der Waals surface area contributed by atoms with Crippen molar-refractivity contribution in [2.45, 2.75) is 32.2 Å². The van der Waals surface area contributed by atoms with Gasteiger partial charge in [0.05, 0.1) is 10.5 Å². The van der Waals surface area contributed by atoms with Crippen molar-refractivity contribution in [2.75, 3.05) is 10.6 Å². The van der Waals surface area contributed by atoms with Crippen LogP contribution in [0.3, 0.4) is 0 Å². The number of non-ortho nitro benzene ring substituents is 1. The summed E-state index contributed by atoms with van der Waals surface area (Å²) in [6.07, 6.45) is 2.67. The third-order valence-electron chi connectivity index (χ3n) is 4.24. The van der Waals surface area contributed by atoms with E-state index in [1.54, 1.807) is 19.1 Å². The lowest BCUT2D eigenvalue weighted by Gasteiger charge is -2.15. The number of amides is 2. The van der Waals surface area contributed by atoms with Crippen LogP contribution in [0.4, 0.5) is 16.4 Å². The van der Waals surface area contributed by atoms with Crippen molar-refractivity contribution in [1.82, 2.24) is 0 Å². The van der Waals surface area contributed by atoms with E-state index in [9.17, 15) is 19.7 Å². The van der Waals surface area contributed by atoms with Crippen LogP contribution >= 0.6 is 11.3 Å². The minimum atomic E-state index is -0.658. The number of carbonyl (C=O) groups is 2. The van der Waals surface area contributed by atoms with Crippen LogP contribution in [0.25, 0.3) is 0 Å². The molecule has 0 saturated heterocycles. The van der Waals surface area contributed by atoms with Crippen LogP contribution in [0.2, 0.25) is 0 Å². The quantitative estimate of drug-likeness (QED) is 0.529. The Morgan fingerprint density at radius 1 is 1.35 bits per heavy atom. The molecule has 0 unspecified atom stereocenters. The first-order valence-electron chi connectivity index (χ1n) is 8.13. The fourth-order valence-corrected chi connectivity index (χ4v) is 4.30. The van der Waals surface area contributed by atoms with Gasteiger partial charge in [-0.05, 0) is 37.8 Å². The third-order valence-corrected chi connectivity index (χ3v) is 5.45. The van der Waals surface area contributed by atoms with E-state index >= 15 is 0 Å². The Hall–Kier alpha value is -2.94. The maximum Gasteiger partial charge on any atom is 0.271 e. The molecule has 1 atom stereocenters. The summed E-state index contributed by atoms with van der Waals surface area (Å²) < 4.78 is 0. The minimum Gasteiger partial charge on any atom is -0.374 e. The van der Waals surface area contributed by atoms with Crippen LogP contribution in [0.5, 0.6) is 0 Å². The highest BCUT2D eigenvalue weighted by Gasteiger charge is 2.27. The van der Waals surface area contributed by atoms with Crippen molar-refractivity contribution in [1.29, 1.82) is 0 Å². The molecule has 1 aromatic carbocycles. The van der Waals surface area contributed by atoms with Gasteiger partial charge in [-0.1, -0.05) is 6.07 Å². The van der Waals surface area contributed by atoms with Gasteiger partial charge >= 0.3 is 0 Å². The highest BCUT2D eigenvalue weighted by molar-refractivity contribution is 7.17. The Bertz CT molecular complexity index is 893. The number of anilines is 2. The lowest BCUT2D eigenvalue weighted by molar-refractivity contribution is -0.384. The standard InChI is InChI=1S/C17H18N4O4S/c1-9(19-10-4-2-5-11(8-10)21(24)25)16(23)20-17-14(15(18)22)12-6-3-7-13(12)26-17/h2,4-5,8-9,19H,3,6-7H2,1H3,(H2,18,22)(H,20,23)/t9-/m1/s1. The summed E-state index contributed by atoms with van der Waals surface area (Å²) in [7, 11) is 0. The molecule has 0 radical (unpaired) electrons. The van der Waals surface area contributed by atoms with E-state index in [2.05, 4.69) is 10.6 Å². The fourth-order valence-electron chi connectivity index (χ4n) is 3.00. The number of primary amides is 1. The predicted molar refractivity (Wildman–Crippen MR) is 99.7 cm³/mol. The SMILES string of the molecule is C[C@@H](Nc1cccc([N+](=O)[O-])c1)C(=O)Nc1sc2c(c1C(N)=O)CCC2. The van der Waals surface area contributed by atoms with Gasteiger partial charge in [-0.15, -0.1) is 11.3 Å². The Morgan fingerprint density at radius 3 is 2.81 bits per heavy atom. The van der Waals surface area contributed by atoms with Gasteiger partial charge in [0.1, 0.15) is 11.0 Å². The summed E-state index contributed by atoms with van der Waals surface area (Å²) in [6.45, 7) is 1.64. The molecule has 0 spiro atoms. The molecule has 0 saturated carbocycles. The van der Waals surface area contributed by atoms with Crippen LogP contribution in [0.1, 0.15) is 34.1 Å². The van der Waals surface area contributed by atoms with Gasteiger partial charge in [0.15, 0.2) is 0 Å². The summed E-state index contributed by atoms with van der Waals surface area (Å²) >= 11 is 1.39. The lowest BCUT2D eigenvalue weighted by Crippen LogP contribution is -2.32. The first kappa shape index (κ1) is 17.9. The molecule has 1 aliphatic carbocycles. The van der Waals surface area contributed by atoms with Crippen LogP contribution in [0.15, 0.2) is 24.3 Å². The first-order valence-corrected chi connectivity index (χ1v) is 8.94. The van der Waals surface area contributed by atoms with E-state index in [0.29, 0.717) is 16.3 Å². The van der Waals surface area contributed by atoms with Crippen molar-refractivity contribution in [3.63, 3.8) is 0 Å². The summed E-state index contributed by atoms with van der Waals surface area (Å²) in [5.74, 6) is -0.891. The molecule has 1 heterocycles. The number of hydrogen-bond donors (Lipinski definition) is 3. The van der Waals surface area contributed by atoms with Gasteiger partial charge in [-0.25, -0.2) is 0 Å². The van der Waals surface area contributed by atoms with Crippen LogP contribution in [-0.2, 0) is 17.6 Å². The maximum atomic E-state index is 12.5. The van der Waals surface area contributed by atoms with E-state index in [0.717, 1.165) is 29.7 Å². The molecular formula is C17H18N4O4S. The molecule has 0 aliphatic heterocycles. The summed E-state index contributed by atoms with van der Waals surface area (Å²) in [4.78, 5) is 35.7. The van der Waals surface area contributed by atoms with E-state index in [-0.39, 0.29) is 11.6 Å². The second kappa shape index (κ2) is 7.12. The van der Waals surface area contributed by atoms with E-state index in [4.69, 9.17) is 5.73 Å². The number of nitrogens with one attached hydrogen (secondary N) is 2. The molecular weight excluding hydrogens is 356 g/mol. The summed E-state index contributed by atoms with van der Waals surface area (Å²) in [5, 5.41) is 17.0. The summed E-state index contributed by atoms with van der Waals surface area (Å²) in [6, 6.07) is 5.26. The minimum absolute atomic E-state index is 0.0618. The lowest BCUT2D eigenvalue weighted by atomic mass is 10.1. The van der Waals surface area contributed by atoms with Crippen LogP contribution < -0.4 is 16.4 Å². The van der Waals surface area contributed by atoms with Crippen molar-refractivity contribution in [3.05, 3.63) is 50.4 Å². The topological polar surface area (TPSA) is 127 Å². The highest BCUT2D eigenvalue weighted by Crippen LogP contribution is 2.38. The van der Waals surface area contributed by atoms with E-state index in [1.165, 1.54) is 23.5 Å². The van der Waals surface area contributed by atoms with Crippen molar-refractivity contribution in [3.8, 4) is 0 Å². The molecule has 2 amide bonds. The third kappa shape index (κ3) is 3.52. The number of nitro benzene ring substituents is 1. The average molecular weight is 374 g/mol. The Morgan fingerprint density at radius 2 is 2.12 bits per heavy atom. The second-order valence-corrected chi connectivity index (χ2v) is 7.19. The first-order chi connectivity index (χ1) is 12.4. The second-order valence-electron chi connectivity index (χ2n) is 6.09. The zero-order valence-corrected chi connectivity index (χ0v) is 14.9. The number of nitro groups is 1. The number of nitrogens with two attached hydrogens (primary N) is 1. The zero-order valence-electron chi connectivity index (χ0n) is 14.1. The number of thiophene rings is 1. The zero-order chi connectivity index (χ0) is 18.8. The van der Waals surface area contributed by atoms with Crippen LogP contribution in [0, 0.1) is 10.1 Å². The van der Waals surface area contributed by atoms with Crippen molar-refractivity contribution >= 4 is 39.5 Å². The molecule has 0 fully saturated rings. The average Bonchev–Trinajstić information content (AvgIpc) is 3.15. The molecule has 8 nitrogen and oxygen atoms in total.